The third-order valence-electron chi connectivity index (χ3n) is 4.75. The SMILES string of the molecule is CN=C(NCCCCN1CCC(C)CC1)NCc1cc(F)ccc1F.I. The van der Waals surface area contributed by atoms with Crippen molar-refractivity contribution in [3.8, 4) is 0 Å². The number of aliphatic imine (C=N–C) groups is 1. The van der Waals surface area contributed by atoms with Gasteiger partial charge in [0, 0.05) is 25.7 Å². The monoisotopic (exact) mass is 480 g/mol. The third kappa shape index (κ3) is 8.16. The Morgan fingerprint density at radius 3 is 2.62 bits per heavy atom. The zero-order valence-corrected chi connectivity index (χ0v) is 18.1. The number of nitrogens with one attached hydrogen (secondary N) is 2. The number of hydrogen-bond donors (Lipinski definition) is 2. The van der Waals surface area contributed by atoms with Crippen LogP contribution in [-0.4, -0.2) is 44.1 Å². The summed E-state index contributed by atoms with van der Waals surface area (Å²) in [6.45, 7) is 6.93. The molecule has 0 unspecified atom stereocenters. The number of likely N-dealkylation sites (tertiary alicyclic amines) is 1. The van der Waals surface area contributed by atoms with E-state index in [0.29, 0.717) is 11.5 Å². The fraction of sp³-hybridized carbons (Fsp3) is 0.632. The number of unbranched alkanes of at least 4 members (excludes halogenated alkanes) is 1. The first-order valence-electron chi connectivity index (χ1n) is 9.19. The lowest BCUT2D eigenvalue weighted by atomic mass is 9.99. The minimum absolute atomic E-state index is 0. The van der Waals surface area contributed by atoms with E-state index >= 15 is 0 Å². The average Bonchev–Trinajstić information content (AvgIpc) is 2.61. The van der Waals surface area contributed by atoms with E-state index in [2.05, 4.69) is 27.4 Å². The molecule has 148 valence electrons. The van der Waals surface area contributed by atoms with Gasteiger partial charge in [0.15, 0.2) is 5.96 Å². The first-order chi connectivity index (χ1) is 12.1. The van der Waals surface area contributed by atoms with Gasteiger partial charge in [-0.15, -0.1) is 24.0 Å². The summed E-state index contributed by atoms with van der Waals surface area (Å²) in [4.78, 5) is 6.66. The summed E-state index contributed by atoms with van der Waals surface area (Å²) in [6.07, 6.45) is 4.83. The van der Waals surface area contributed by atoms with Gasteiger partial charge in [0.25, 0.3) is 0 Å². The van der Waals surface area contributed by atoms with Crippen LogP contribution in [0.5, 0.6) is 0 Å². The molecule has 1 aliphatic rings. The summed E-state index contributed by atoms with van der Waals surface area (Å²) in [5, 5.41) is 6.24. The van der Waals surface area contributed by atoms with Crippen molar-refractivity contribution in [3.05, 3.63) is 35.4 Å². The van der Waals surface area contributed by atoms with Crippen molar-refractivity contribution in [2.24, 2.45) is 10.9 Å². The van der Waals surface area contributed by atoms with Crippen molar-refractivity contribution in [3.63, 3.8) is 0 Å². The van der Waals surface area contributed by atoms with Crippen LogP contribution < -0.4 is 10.6 Å². The fourth-order valence-corrected chi connectivity index (χ4v) is 3.03. The molecule has 0 bridgehead atoms. The Morgan fingerprint density at radius 1 is 1.19 bits per heavy atom. The molecule has 0 aromatic heterocycles. The maximum absolute atomic E-state index is 13.6. The molecule has 0 radical (unpaired) electrons. The van der Waals surface area contributed by atoms with E-state index in [4.69, 9.17) is 0 Å². The Labute approximate surface area is 172 Å². The van der Waals surface area contributed by atoms with Gasteiger partial charge in [0.2, 0.25) is 0 Å². The highest BCUT2D eigenvalue weighted by molar-refractivity contribution is 14.0. The second kappa shape index (κ2) is 12.4. The molecule has 0 amide bonds. The summed E-state index contributed by atoms with van der Waals surface area (Å²) in [5.74, 6) is 0.624. The van der Waals surface area contributed by atoms with Gasteiger partial charge in [-0.05, 0) is 69.4 Å². The molecule has 1 aromatic rings. The minimum atomic E-state index is -0.437. The van der Waals surface area contributed by atoms with E-state index in [1.807, 2.05) is 0 Å². The summed E-state index contributed by atoms with van der Waals surface area (Å²) in [6, 6.07) is 3.47. The summed E-state index contributed by atoms with van der Waals surface area (Å²) in [5.41, 5.74) is 0.294. The molecule has 0 saturated carbocycles. The minimum Gasteiger partial charge on any atom is -0.356 e. The maximum atomic E-state index is 13.6. The second-order valence-corrected chi connectivity index (χ2v) is 6.82. The first kappa shape index (κ1) is 23.1. The van der Waals surface area contributed by atoms with E-state index in [9.17, 15) is 8.78 Å². The molecule has 2 rings (SSSR count). The lowest BCUT2D eigenvalue weighted by Crippen LogP contribution is -2.38. The highest BCUT2D eigenvalue weighted by Crippen LogP contribution is 2.16. The predicted molar refractivity (Wildman–Crippen MR) is 114 cm³/mol. The molecule has 7 heteroatoms. The highest BCUT2D eigenvalue weighted by Gasteiger charge is 2.14. The third-order valence-corrected chi connectivity index (χ3v) is 4.75. The number of nitrogens with zero attached hydrogens (tertiary/aromatic N) is 2. The molecule has 0 aliphatic carbocycles. The summed E-state index contributed by atoms with van der Waals surface area (Å²) >= 11 is 0. The molecular formula is C19H31F2IN4. The van der Waals surface area contributed by atoms with E-state index in [0.717, 1.165) is 44.0 Å². The Morgan fingerprint density at radius 2 is 1.92 bits per heavy atom. The molecular weight excluding hydrogens is 449 g/mol. The number of hydrogen-bond acceptors (Lipinski definition) is 2. The van der Waals surface area contributed by atoms with Crippen molar-refractivity contribution < 1.29 is 8.78 Å². The highest BCUT2D eigenvalue weighted by atomic mass is 127. The van der Waals surface area contributed by atoms with E-state index in [-0.39, 0.29) is 30.5 Å². The molecule has 1 heterocycles. The molecule has 4 nitrogen and oxygen atoms in total. The van der Waals surface area contributed by atoms with Crippen molar-refractivity contribution >= 4 is 29.9 Å². The first-order valence-corrected chi connectivity index (χ1v) is 9.19. The maximum Gasteiger partial charge on any atom is 0.191 e. The molecule has 2 N–H and O–H groups in total. The van der Waals surface area contributed by atoms with Crippen molar-refractivity contribution in [1.29, 1.82) is 0 Å². The van der Waals surface area contributed by atoms with Crippen molar-refractivity contribution in [1.82, 2.24) is 15.5 Å². The standard InChI is InChI=1S/C19H30F2N4.HI/c1-15-7-11-25(12-8-15)10-4-3-9-23-19(22-2)24-14-16-13-17(20)5-6-18(16)21;/h5-6,13,15H,3-4,7-12,14H2,1-2H3,(H2,22,23,24);1H. The normalized spacial score (nSPS) is 16.2. The van der Waals surface area contributed by atoms with E-state index < -0.39 is 11.6 Å². The van der Waals surface area contributed by atoms with Gasteiger partial charge in [-0.1, -0.05) is 6.92 Å². The van der Waals surface area contributed by atoms with Gasteiger partial charge in [-0.2, -0.15) is 0 Å². The molecule has 1 fully saturated rings. The van der Waals surface area contributed by atoms with E-state index in [1.165, 1.54) is 32.0 Å². The lowest BCUT2D eigenvalue weighted by molar-refractivity contribution is 0.189. The number of piperidine rings is 1. The van der Waals surface area contributed by atoms with Gasteiger partial charge in [-0.3, -0.25) is 4.99 Å². The molecule has 0 atom stereocenters. The van der Waals surface area contributed by atoms with Crippen LogP contribution in [0, 0.1) is 17.6 Å². The molecule has 1 saturated heterocycles. The van der Waals surface area contributed by atoms with Gasteiger partial charge in [-0.25, -0.2) is 8.78 Å². The van der Waals surface area contributed by atoms with E-state index in [1.54, 1.807) is 7.05 Å². The number of guanidine groups is 1. The van der Waals surface area contributed by atoms with Crippen LogP contribution in [0.3, 0.4) is 0 Å². The summed E-state index contributed by atoms with van der Waals surface area (Å²) in [7, 11) is 1.67. The largest absolute Gasteiger partial charge is 0.356 e. The smallest absolute Gasteiger partial charge is 0.191 e. The predicted octanol–water partition coefficient (Wildman–Crippen LogP) is 3.76. The van der Waals surface area contributed by atoms with Crippen LogP contribution in [-0.2, 0) is 6.54 Å². The average molecular weight is 480 g/mol. The lowest BCUT2D eigenvalue weighted by Gasteiger charge is -2.30. The number of halogens is 3. The molecule has 26 heavy (non-hydrogen) atoms. The van der Waals surface area contributed by atoms with Crippen LogP contribution in [0.1, 0.15) is 38.2 Å². The zero-order valence-electron chi connectivity index (χ0n) is 15.7. The Hall–Kier alpha value is -0.960. The Balaban J connectivity index is 0.00000338. The van der Waals surface area contributed by atoms with Crippen LogP contribution in [0.2, 0.25) is 0 Å². The van der Waals surface area contributed by atoms with Gasteiger partial charge in [0.05, 0.1) is 0 Å². The Bertz CT molecular complexity index is 560. The number of benzene rings is 1. The molecule has 1 aromatic carbocycles. The zero-order chi connectivity index (χ0) is 18.1. The quantitative estimate of drug-likeness (QED) is 0.270. The Kier molecular flexibility index (Phi) is 11.0. The van der Waals surface area contributed by atoms with Crippen LogP contribution in [0.15, 0.2) is 23.2 Å². The van der Waals surface area contributed by atoms with Crippen molar-refractivity contribution in [2.45, 2.75) is 39.2 Å². The van der Waals surface area contributed by atoms with Gasteiger partial charge in [0.1, 0.15) is 11.6 Å². The van der Waals surface area contributed by atoms with Gasteiger partial charge < -0.3 is 15.5 Å². The van der Waals surface area contributed by atoms with Gasteiger partial charge >= 0.3 is 0 Å². The number of rotatable bonds is 7. The fourth-order valence-electron chi connectivity index (χ4n) is 3.03. The summed E-state index contributed by atoms with van der Waals surface area (Å²) < 4.78 is 26.8. The van der Waals surface area contributed by atoms with Crippen LogP contribution in [0.4, 0.5) is 8.78 Å². The second-order valence-electron chi connectivity index (χ2n) is 6.82. The van der Waals surface area contributed by atoms with Crippen molar-refractivity contribution in [2.75, 3.05) is 33.2 Å². The molecule has 1 aliphatic heterocycles. The topological polar surface area (TPSA) is 39.7 Å². The van der Waals surface area contributed by atoms with Crippen LogP contribution >= 0.6 is 24.0 Å². The van der Waals surface area contributed by atoms with Crippen LogP contribution in [0.25, 0.3) is 0 Å². The molecule has 0 spiro atoms.